The second-order valence-electron chi connectivity index (χ2n) is 5.32. The van der Waals surface area contributed by atoms with E-state index in [4.69, 9.17) is 0 Å². The number of aryl methyl sites for hydroxylation is 1. The molecular formula is C14H17BrN2O3. The normalized spacial score (nSPS) is 17.1. The second kappa shape index (κ2) is 5.44. The number of carboxylic acid groups (broad SMARTS) is 1. The predicted molar refractivity (Wildman–Crippen MR) is 79.8 cm³/mol. The number of urea groups is 1. The molecule has 20 heavy (non-hydrogen) atoms. The summed E-state index contributed by atoms with van der Waals surface area (Å²) < 4.78 is 0.925. The van der Waals surface area contributed by atoms with Crippen molar-refractivity contribution in [3.8, 4) is 0 Å². The lowest BCUT2D eigenvalue weighted by Gasteiger charge is -2.26. The molecule has 1 fully saturated rings. The summed E-state index contributed by atoms with van der Waals surface area (Å²) in [6.07, 6.45) is 1.67. The van der Waals surface area contributed by atoms with Crippen molar-refractivity contribution in [2.24, 2.45) is 5.92 Å². The predicted octanol–water partition coefficient (Wildman–Crippen LogP) is 3.13. The number of nitrogens with one attached hydrogen (secondary N) is 2. The van der Waals surface area contributed by atoms with E-state index < -0.39 is 17.5 Å². The van der Waals surface area contributed by atoms with Gasteiger partial charge in [0.05, 0.1) is 0 Å². The third kappa shape index (κ3) is 3.12. The van der Waals surface area contributed by atoms with Crippen LogP contribution in [-0.2, 0) is 4.79 Å². The number of hydrogen-bond acceptors (Lipinski definition) is 2. The topological polar surface area (TPSA) is 78.4 Å². The van der Waals surface area contributed by atoms with Gasteiger partial charge >= 0.3 is 12.0 Å². The van der Waals surface area contributed by atoms with Gasteiger partial charge in [-0.05, 0) is 56.4 Å². The van der Waals surface area contributed by atoms with Gasteiger partial charge in [0.15, 0.2) is 0 Å². The molecule has 3 N–H and O–H groups in total. The van der Waals surface area contributed by atoms with E-state index in [9.17, 15) is 14.7 Å². The summed E-state index contributed by atoms with van der Waals surface area (Å²) in [5.41, 5.74) is 0.361. The molecule has 0 radical (unpaired) electrons. The molecule has 108 valence electrons. The lowest BCUT2D eigenvalue weighted by molar-refractivity contribution is -0.144. The van der Waals surface area contributed by atoms with E-state index in [1.807, 2.05) is 19.1 Å². The average Bonchev–Trinajstić information content (AvgIpc) is 3.16. The van der Waals surface area contributed by atoms with Crippen molar-refractivity contribution in [3.05, 3.63) is 28.2 Å². The van der Waals surface area contributed by atoms with Crippen molar-refractivity contribution in [2.45, 2.75) is 32.2 Å². The fourth-order valence-electron chi connectivity index (χ4n) is 2.15. The number of benzene rings is 1. The standard InChI is InChI=1S/C14H17BrN2O3/c1-8-7-10(15)5-6-11(8)16-13(20)17-14(2,12(18)19)9-3-4-9/h5-7,9H,3-4H2,1-2H3,(H,18,19)(H2,16,17,20). The number of carbonyl (C=O) groups is 2. The number of carboxylic acids is 1. The molecular weight excluding hydrogens is 324 g/mol. The van der Waals surface area contributed by atoms with E-state index in [-0.39, 0.29) is 5.92 Å². The highest BCUT2D eigenvalue weighted by atomic mass is 79.9. The lowest BCUT2D eigenvalue weighted by atomic mass is 9.96. The molecule has 1 atom stereocenters. The van der Waals surface area contributed by atoms with Crippen molar-refractivity contribution in [2.75, 3.05) is 5.32 Å². The first-order valence-electron chi connectivity index (χ1n) is 6.41. The molecule has 1 unspecified atom stereocenters. The van der Waals surface area contributed by atoms with Crippen molar-refractivity contribution in [1.82, 2.24) is 5.32 Å². The third-order valence-electron chi connectivity index (χ3n) is 3.65. The Kier molecular flexibility index (Phi) is 4.04. The molecule has 0 aromatic heterocycles. The van der Waals surface area contributed by atoms with Crippen molar-refractivity contribution >= 4 is 33.6 Å². The SMILES string of the molecule is Cc1cc(Br)ccc1NC(=O)NC(C)(C(=O)O)C1CC1. The van der Waals surface area contributed by atoms with Gasteiger partial charge in [-0.1, -0.05) is 15.9 Å². The molecule has 5 nitrogen and oxygen atoms in total. The maximum atomic E-state index is 12.0. The van der Waals surface area contributed by atoms with Crippen molar-refractivity contribution < 1.29 is 14.7 Å². The third-order valence-corrected chi connectivity index (χ3v) is 4.14. The van der Waals surface area contributed by atoms with E-state index in [1.54, 1.807) is 13.0 Å². The summed E-state index contributed by atoms with van der Waals surface area (Å²) in [7, 11) is 0. The molecule has 2 rings (SSSR count). The summed E-state index contributed by atoms with van der Waals surface area (Å²) in [6, 6.07) is 4.98. The summed E-state index contributed by atoms with van der Waals surface area (Å²) >= 11 is 3.35. The van der Waals surface area contributed by atoms with E-state index in [1.165, 1.54) is 0 Å². The minimum Gasteiger partial charge on any atom is -0.480 e. The van der Waals surface area contributed by atoms with Gasteiger partial charge < -0.3 is 15.7 Å². The van der Waals surface area contributed by atoms with Crippen LogP contribution in [0.4, 0.5) is 10.5 Å². The number of carbonyl (C=O) groups excluding carboxylic acids is 1. The Morgan fingerprint density at radius 1 is 1.40 bits per heavy atom. The first-order chi connectivity index (χ1) is 9.33. The number of hydrogen-bond donors (Lipinski definition) is 3. The Morgan fingerprint density at radius 3 is 2.55 bits per heavy atom. The van der Waals surface area contributed by atoms with Crippen LogP contribution in [0, 0.1) is 12.8 Å². The molecule has 1 aromatic rings. The van der Waals surface area contributed by atoms with Gasteiger partial charge in [0.25, 0.3) is 0 Å². The smallest absolute Gasteiger partial charge is 0.329 e. The zero-order valence-electron chi connectivity index (χ0n) is 11.4. The van der Waals surface area contributed by atoms with Crippen molar-refractivity contribution in [3.63, 3.8) is 0 Å². The first kappa shape index (κ1) is 14.8. The van der Waals surface area contributed by atoms with Gasteiger partial charge in [-0.2, -0.15) is 0 Å². The Hall–Kier alpha value is -1.56. The second-order valence-corrected chi connectivity index (χ2v) is 6.24. The molecule has 1 aromatic carbocycles. The fraction of sp³-hybridized carbons (Fsp3) is 0.429. The van der Waals surface area contributed by atoms with Crippen LogP contribution in [0.5, 0.6) is 0 Å². The van der Waals surface area contributed by atoms with Gasteiger partial charge in [-0.15, -0.1) is 0 Å². The number of aliphatic carboxylic acids is 1. The molecule has 0 saturated heterocycles. The molecule has 6 heteroatoms. The van der Waals surface area contributed by atoms with Gasteiger partial charge in [0.1, 0.15) is 5.54 Å². The van der Waals surface area contributed by atoms with Crippen LogP contribution in [0.15, 0.2) is 22.7 Å². The maximum absolute atomic E-state index is 12.0. The van der Waals surface area contributed by atoms with Gasteiger partial charge in [-0.25, -0.2) is 9.59 Å². The van der Waals surface area contributed by atoms with Crippen LogP contribution in [-0.4, -0.2) is 22.6 Å². The number of amides is 2. The highest BCUT2D eigenvalue weighted by Gasteiger charge is 2.48. The molecule has 1 saturated carbocycles. The minimum atomic E-state index is -1.20. The average molecular weight is 341 g/mol. The lowest BCUT2D eigenvalue weighted by Crippen LogP contribution is -2.55. The Balaban J connectivity index is 2.06. The molecule has 2 amide bonds. The Labute approximate surface area is 125 Å². The van der Waals surface area contributed by atoms with E-state index in [0.29, 0.717) is 5.69 Å². The minimum absolute atomic E-state index is 0.0109. The van der Waals surface area contributed by atoms with E-state index in [2.05, 4.69) is 26.6 Å². The Morgan fingerprint density at radius 2 is 2.05 bits per heavy atom. The fourth-order valence-corrected chi connectivity index (χ4v) is 2.62. The number of anilines is 1. The van der Waals surface area contributed by atoms with Gasteiger partial charge in [-0.3, -0.25) is 0 Å². The van der Waals surface area contributed by atoms with Crippen LogP contribution in [0.1, 0.15) is 25.3 Å². The molecule has 1 aliphatic carbocycles. The highest BCUT2D eigenvalue weighted by Crippen LogP contribution is 2.39. The zero-order chi connectivity index (χ0) is 14.9. The molecule has 0 aliphatic heterocycles. The number of halogens is 1. The summed E-state index contributed by atoms with van der Waals surface area (Å²) in [6.45, 7) is 3.43. The van der Waals surface area contributed by atoms with Gasteiger partial charge in [0, 0.05) is 10.2 Å². The molecule has 0 bridgehead atoms. The van der Waals surface area contributed by atoms with Crippen LogP contribution >= 0.6 is 15.9 Å². The maximum Gasteiger partial charge on any atom is 0.329 e. The van der Waals surface area contributed by atoms with E-state index >= 15 is 0 Å². The highest BCUT2D eigenvalue weighted by molar-refractivity contribution is 9.10. The number of rotatable bonds is 4. The van der Waals surface area contributed by atoms with Crippen LogP contribution < -0.4 is 10.6 Å². The molecule has 0 spiro atoms. The van der Waals surface area contributed by atoms with Crippen LogP contribution in [0.3, 0.4) is 0 Å². The largest absolute Gasteiger partial charge is 0.480 e. The zero-order valence-corrected chi connectivity index (χ0v) is 13.0. The quantitative estimate of drug-likeness (QED) is 0.787. The first-order valence-corrected chi connectivity index (χ1v) is 7.21. The summed E-state index contributed by atoms with van der Waals surface area (Å²) in [5.74, 6) is -0.987. The molecule has 1 aliphatic rings. The van der Waals surface area contributed by atoms with Crippen LogP contribution in [0.25, 0.3) is 0 Å². The summed E-state index contributed by atoms with van der Waals surface area (Å²) in [4.78, 5) is 23.4. The Bertz CT molecular complexity index is 557. The summed E-state index contributed by atoms with van der Waals surface area (Å²) in [5, 5.41) is 14.6. The van der Waals surface area contributed by atoms with Crippen LogP contribution in [0.2, 0.25) is 0 Å². The molecule has 0 heterocycles. The van der Waals surface area contributed by atoms with E-state index in [0.717, 1.165) is 22.9 Å². The van der Waals surface area contributed by atoms with Crippen molar-refractivity contribution in [1.29, 1.82) is 0 Å². The monoisotopic (exact) mass is 340 g/mol. The van der Waals surface area contributed by atoms with Gasteiger partial charge in [0.2, 0.25) is 0 Å².